The Bertz CT molecular complexity index is 1110. The number of piperidine rings is 1. The van der Waals surface area contributed by atoms with Crippen LogP contribution in [0.25, 0.3) is 10.9 Å². The molecular weight excluding hydrogens is 426 g/mol. The summed E-state index contributed by atoms with van der Waals surface area (Å²) < 4.78 is 33.3. The van der Waals surface area contributed by atoms with Gasteiger partial charge in [-0.3, -0.25) is 0 Å². The number of nitrogens with one attached hydrogen (secondary N) is 1. The van der Waals surface area contributed by atoms with Crippen LogP contribution in [0, 0.1) is 0 Å². The number of anilines is 2. The number of hydrogen-bond acceptors (Lipinski definition) is 6. The zero-order valence-corrected chi connectivity index (χ0v) is 19.2. The molecule has 1 aliphatic heterocycles. The second kappa shape index (κ2) is 9.19. The van der Waals surface area contributed by atoms with Crippen LogP contribution in [0.1, 0.15) is 43.9 Å². The second-order valence-corrected chi connectivity index (χ2v) is 9.07. The fourth-order valence-corrected chi connectivity index (χ4v) is 4.22. The number of aromatic nitrogens is 2. The van der Waals surface area contributed by atoms with Gasteiger partial charge in [-0.25, -0.2) is 0 Å². The van der Waals surface area contributed by atoms with Crippen molar-refractivity contribution in [3.05, 3.63) is 59.8 Å². The summed E-state index contributed by atoms with van der Waals surface area (Å²) in [7, 11) is 1.27. The fourth-order valence-electron chi connectivity index (χ4n) is 4.22. The van der Waals surface area contributed by atoms with Crippen LogP contribution in [-0.2, 0) is 10.7 Å². The van der Waals surface area contributed by atoms with Crippen molar-refractivity contribution in [2.75, 3.05) is 37.0 Å². The Morgan fingerprint density at radius 3 is 2.70 bits per heavy atom. The average molecular weight is 457 g/mol. The van der Waals surface area contributed by atoms with E-state index in [4.69, 9.17) is 0 Å². The quantitative estimate of drug-likeness (QED) is 0.527. The number of nitrogens with zero attached hydrogens (tertiary/aromatic N) is 3. The highest BCUT2D eigenvalue weighted by Gasteiger charge is 2.32. The molecule has 33 heavy (non-hydrogen) atoms. The molecule has 0 unspecified atom stereocenters. The lowest BCUT2D eigenvalue weighted by Crippen LogP contribution is -2.42. The lowest BCUT2D eigenvalue weighted by molar-refractivity contribution is -0.0698. The SMILES string of the molecule is COCC(F)(F)c1cccc([C@@H](C)Nc2cnnc3ccc(N4CCC(C)(O)CC4)cc23)c1. The molecule has 0 aliphatic carbocycles. The Kier molecular flexibility index (Phi) is 6.50. The van der Waals surface area contributed by atoms with Crippen molar-refractivity contribution in [2.24, 2.45) is 0 Å². The fraction of sp³-hybridized carbons (Fsp3) is 0.440. The predicted octanol–water partition coefficient (Wildman–Crippen LogP) is 4.89. The Balaban J connectivity index is 1.59. The van der Waals surface area contributed by atoms with Crippen LogP contribution >= 0.6 is 0 Å². The zero-order valence-electron chi connectivity index (χ0n) is 19.2. The molecule has 1 saturated heterocycles. The molecule has 2 aromatic carbocycles. The van der Waals surface area contributed by atoms with E-state index in [2.05, 4.69) is 31.2 Å². The maximum Gasteiger partial charge on any atom is 0.296 e. The standard InChI is InChI=1S/C25H30F2N4O2/c1-17(18-5-4-6-19(13-18)25(26,27)16-33-3)29-23-15-28-30-22-8-7-20(14-21(22)23)31-11-9-24(2,32)10-12-31/h4-8,13-15,17,32H,9-12,16H2,1-3H3,(H,29,30)/t17-/m1/s1. The molecule has 176 valence electrons. The third-order valence-corrected chi connectivity index (χ3v) is 6.33. The molecule has 2 N–H and O–H groups in total. The van der Waals surface area contributed by atoms with Gasteiger partial charge in [-0.05, 0) is 56.5 Å². The summed E-state index contributed by atoms with van der Waals surface area (Å²) in [6.45, 7) is 4.70. The molecule has 0 spiro atoms. The van der Waals surface area contributed by atoms with Gasteiger partial charge in [0.2, 0.25) is 0 Å². The summed E-state index contributed by atoms with van der Waals surface area (Å²) in [5.74, 6) is -3.05. The number of alkyl halides is 2. The van der Waals surface area contributed by atoms with E-state index in [0.29, 0.717) is 12.8 Å². The van der Waals surface area contributed by atoms with E-state index >= 15 is 0 Å². The van der Waals surface area contributed by atoms with Crippen LogP contribution < -0.4 is 10.2 Å². The molecule has 3 aromatic rings. The van der Waals surface area contributed by atoms with Gasteiger partial charge in [-0.15, -0.1) is 0 Å². The third kappa shape index (κ3) is 5.23. The molecule has 1 atom stereocenters. The minimum atomic E-state index is -3.05. The van der Waals surface area contributed by atoms with Crippen LogP contribution in [0.5, 0.6) is 0 Å². The highest BCUT2D eigenvalue weighted by molar-refractivity contribution is 5.93. The van der Waals surface area contributed by atoms with E-state index in [9.17, 15) is 13.9 Å². The van der Waals surface area contributed by atoms with Gasteiger partial charge in [0.1, 0.15) is 6.61 Å². The minimum Gasteiger partial charge on any atom is -0.390 e. The average Bonchev–Trinajstić information content (AvgIpc) is 2.79. The maximum absolute atomic E-state index is 14.3. The van der Waals surface area contributed by atoms with Gasteiger partial charge in [0.25, 0.3) is 5.92 Å². The minimum absolute atomic E-state index is 0.0727. The molecule has 1 aliphatic rings. The van der Waals surface area contributed by atoms with Crippen LogP contribution in [0.2, 0.25) is 0 Å². The lowest BCUT2D eigenvalue weighted by Gasteiger charge is -2.37. The highest BCUT2D eigenvalue weighted by atomic mass is 19.3. The Hall–Kier alpha value is -2.84. The predicted molar refractivity (Wildman–Crippen MR) is 126 cm³/mol. The van der Waals surface area contributed by atoms with Crippen molar-refractivity contribution in [3.63, 3.8) is 0 Å². The number of benzene rings is 2. The van der Waals surface area contributed by atoms with Gasteiger partial charge in [0.15, 0.2) is 0 Å². The Morgan fingerprint density at radius 2 is 1.97 bits per heavy atom. The Morgan fingerprint density at radius 1 is 1.21 bits per heavy atom. The molecular formula is C25H30F2N4O2. The molecule has 0 amide bonds. The maximum atomic E-state index is 14.3. The van der Waals surface area contributed by atoms with E-state index in [1.165, 1.54) is 19.2 Å². The van der Waals surface area contributed by atoms with Crippen LogP contribution in [0.3, 0.4) is 0 Å². The monoisotopic (exact) mass is 456 g/mol. The number of halogens is 2. The van der Waals surface area contributed by atoms with Crippen molar-refractivity contribution in [3.8, 4) is 0 Å². The number of ether oxygens (including phenoxy) is 1. The smallest absolute Gasteiger partial charge is 0.296 e. The van der Waals surface area contributed by atoms with E-state index in [1.54, 1.807) is 12.3 Å². The molecule has 6 nitrogen and oxygen atoms in total. The largest absolute Gasteiger partial charge is 0.390 e. The van der Waals surface area contributed by atoms with Crippen molar-refractivity contribution >= 4 is 22.3 Å². The number of hydrogen-bond donors (Lipinski definition) is 2. The summed E-state index contributed by atoms with van der Waals surface area (Å²) in [4.78, 5) is 2.26. The molecule has 2 heterocycles. The van der Waals surface area contributed by atoms with E-state index in [-0.39, 0.29) is 11.6 Å². The van der Waals surface area contributed by atoms with Gasteiger partial charge >= 0.3 is 0 Å². The van der Waals surface area contributed by atoms with Crippen molar-refractivity contribution in [1.29, 1.82) is 0 Å². The molecule has 0 saturated carbocycles. The van der Waals surface area contributed by atoms with Crippen LogP contribution in [-0.4, -0.2) is 47.7 Å². The highest BCUT2D eigenvalue weighted by Crippen LogP contribution is 2.33. The van der Waals surface area contributed by atoms with Gasteiger partial charge in [0.05, 0.1) is 23.0 Å². The summed E-state index contributed by atoms with van der Waals surface area (Å²) in [5.41, 5.74) is 2.64. The van der Waals surface area contributed by atoms with Gasteiger partial charge in [-0.2, -0.15) is 19.0 Å². The van der Waals surface area contributed by atoms with Crippen molar-refractivity contribution < 1.29 is 18.6 Å². The van der Waals surface area contributed by atoms with E-state index < -0.39 is 18.1 Å². The van der Waals surface area contributed by atoms with Crippen LogP contribution in [0.15, 0.2) is 48.7 Å². The number of fused-ring (bicyclic) bond motifs is 1. The Labute approximate surface area is 192 Å². The normalized spacial score (nSPS) is 17.2. The number of aliphatic hydroxyl groups is 1. The van der Waals surface area contributed by atoms with E-state index in [1.807, 2.05) is 32.0 Å². The first-order chi connectivity index (χ1) is 15.7. The van der Waals surface area contributed by atoms with Crippen molar-refractivity contribution in [2.45, 2.75) is 44.3 Å². The first kappa shape index (κ1) is 23.3. The second-order valence-electron chi connectivity index (χ2n) is 9.07. The molecule has 4 rings (SSSR count). The summed E-state index contributed by atoms with van der Waals surface area (Å²) in [6, 6.07) is 12.2. The van der Waals surface area contributed by atoms with Crippen LogP contribution in [0.4, 0.5) is 20.2 Å². The molecule has 0 bridgehead atoms. The van der Waals surface area contributed by atoms with Crippen molar-refractivity contribution in [1.82, 2.24) is 10.2 Å². The molecule has 0 radical (unpaired) electrons. The van der Waals surface area contributed by atoms with Gasteiger partial charge < -0.3 is 20.1 Å². The molecule has 8 heteroatoms. The van der Waals surface area contributed by atoms with Gasteiger partial charge in [-0.1, -0.05) is 18.2 Å². The molecule has 1 aromatic heterocycles. The summed E-state index contributed by atoms with van der Waals surface area (Å²) in [6.07, 6.45) is 3.09. The number of rotatable bonds is 7. The van der Waals surface area contributed by atoms with Gasteiger partial charge in [0, 0.05) is 42.9 Å². The molecule has 1 fully saturated rings. The zero-order chi connectivity index (χ0) is 23.6. The summed E-state index contributed by atoms with van der Waals surface area (Å²) >= 11 is 0. The first-order valence-electron chi connectivity index (χ1n) is 11.1. The third-order valence-electron chi connectivity index (χ3n) is 6.33. The lowest BCUT2D eigenvalue weighted by atomic mass is 9.93. The topological polar surface area (TPSA) is 70.5 Å². The summed E-state index contributed by atoms with van der Waals surface area (Å²) in [5, 5.41) is 22.9. The first-order valence-corrected chi connectivity index (χ1v) is 11.1. The number of methoxy groups -OCH3 is 1. The van der Waals surface area contributed by atoms with E-state index in [0.717, 1.165) is 40.9 Å².